The van der Waals surface area contributed by atoms with Crippen LogP contribution in [0.25, 0.3) is 21.3 Å². The van der Waals surface area contributed by atoms with Crippen molar-refractivity contribution in [3.05, 3.63) is 41.5 Å². The quantitative estimate of drug-likeness (QED) is 0.725. The van der Waals surface area contributed by atoms with Crippen molar-refractivity contribution in [1.82, 2.24) is 14.7 Å². The number of hydrogen-bond donors (Lipinski definition) is 1. The van der Waals surface area contributed by atoms with Gasteiger partial charge in [0.15, 0.2) is 0 Å². The van der Waals surface area contributed by atoms with E-state index in [9.17, 15) is 8.42 Å². The number of aryl methyl sites for hydroxylation is 1. The van der Waals surface area contributed by atoms with Crippen molar-refractivity contribution in [2.24, 2.45) is 0 Å². The van der Waals surface area contributed by atoms with Crippen LogP contribution in [-0.4, -0.2) is 43.8 Å². The molecule has 1 fully saturated rings. The maximum atomic E-state index is 11.5. The summed E-state index contributed by atoms with van der Waals surface area (Å²) in [6.07, 6.45) is 4.37. The van der Waals surface area contributed by atoms with Crippen molar-refractivity contribution in [2.45, 2.75) is 25.8 Å². The number of nitrogens with zero attached hydrogens (tertiary/aromatic N) is 3. The third kappa shape index (κ3) is 3.97. The second kappa shape index (κ2) is 7.18. The van der Waals surface area contributed by atoms with Gasteiger partial charge in [0.1, 0.15) is 17.0 Å². The molecule has 0 atom stereocenters. The lowest BCUT2D eigenvalue weighted by molar-refractivity contribution is 0.460. The fraction of sp³-hybridized carbons (Fsp3) is 0.368. The lowest BCUT2D eigenvalue weighted by Crippen LogP contribution is -2.44. The van der Waals surface area contributed by atoms with Crippen molar-refractivity contribution in [3.63, 3.8) is 0 Å². The minimum Gasteiger partial charge on any atom is -0.356 e. The van der Waals surface area contributed by atoms with Gasteiger partial charge in [0, 0.05) is 30.1 Å². The van der Waals surface area contributed by atoms with Crippen molar-refractivity contribution >= 4 is 37.4 Å². The van der Waals surface area contributed by atoms with E-state index in [1.165, 1.54) is 11.8 Å². The molecule has 1 saturated heterocycles. The van der Waals surface area contributed by atoms with Crippen LogP contribution in [0.3, 0.4) is 0 Å². The van der Waals surface area contributed by atoms with Gasteiger partial charge < -0.3 is 4.90 Å². The van der Waals surface area contributed by atoms with Gasteiger partial charge in [-0.25, -0.2) is 23.1 Å². The van der Waals surface area contributed by atoms with Crippen LogP contribution in [0.15, 0.2) is 36.0 Å². The Balaban J connectivity index is 1.65. The van der Waals surface area contributed by atoms with Crippen LogP contribution in [0.1, 0.15) is 18.4 Å². The second-order valence-electron chi connectivity index (χ2n) is 7.04. The summed E-state index contributed by atoms with van der Waals surface area (Å²) in [5.41, 5.74) is 3.55. The second-order valence-corrected chi connectivity index (χ2v) is 9.68. The van der Waals surface area contributed by atoms with E-state index in [-0.39, 0.29) is 6.04 Å². The zero-order valence-corrected chi connectivity index (χ0v) is 17.0. The summed E-state index contributed by atoms with van der Waals surface area (Å²) in [6.45, 7) is 3.61. The number of anilines is 1. The van der Waals surface area contributed by atoms with E-state index in [1.807, 2.05) is 0 Å². The highest BCUT2D eigenvalue weighted by Crippen LogP contribution is 2.38. The molecule has 6 nitrogen and oxygen atoms in total. The summed E-state index contributed by atoms with van der Waals surface area (Å²) >= 11 is 1.63. The summed E-state index contributed by atoms with van der Waals surface area (Å²) in [5, 5.41) is 3.23. The summed E-state index contributed by atoms with van der Waals surface area (Å²) in [5.74, 6) is 0.939. The third-order valence-corrected chi connectivity index (χ3v) is 6.54. The minimum absolute atomic E-state index is 0.00683. The fourth-order valence-corrected chi connectivity index (χ4v) is 5.31. The third-order valence-electron chi connectivity index (χ3n) is 4.89. The Bertz CT molecular complexity index is 1050. The fourth-order valence-electron chi connectivity index (χ4n) is 3.56. The predicted octanol–water partition coefficient (Wildman–Crippen LogP) is 3.18. The molecule has 4 rings (SSSR count). The number of piperidine rings is 1. The van der Waals surface area contributed by atoms with Crippen molar-refractivity contribution in [2.75, 3.05) is 24.2 Å². The Morgan fingerprint density at radius 3 is 2.52 bits per heavy atom. The number of fused-ring (bicyclic) bond motifs is 1. The van der Waals surface area contributed by atoms with Gasteiger partial charge in [-0.05, 0) is 25.3 Å². The maximum Gasteiger partial charge on any atom is 0.208 e. The van der Waals surface area contributed by atoms with Crippen LogP contribution in [-0.2, 0) is 10.0 Å². The average molecular weight is 403 g/mol. The summed E-state index contributed by atoms with van der Waals surface area (Å²) < 4.78 is 25.7. The number of thiophene rings is 1. The molecule has 0 aliphatic carbocycles. The smallest absolute Gasteiger partial charge is 0.208 e. The largest absolute Gasteiger partial charge is 0.356 e. The van der Waals surface area contributed by atoms with Crippen LogP contribution in [0, 0.1) is 6.92 Å². The summed E-state index contributed by atoms with van der Waals surface area (Å²) in [7, 11) is -3.17. The lowest BCUT2D eigenvalue weighted by Gasteiger charge is -2.33. The highest BCUT2D eigenvalue weighted by Gasteiger charge is 2.25. The zero-order chi connectivity index (χ0) is 19.0. The zero-order valence-electron chi connectivity index (χ0n) is 15.3. The number of hydrogen-bond acceptors (Lipinski definition) is 6. The van der Waals surface area contributed by atoms with E-state index < -0.39 is 10.0 Å². The van der Waals surface area contributed by atoms with Crippen molar-refractivity contribution in [1.29, 1.82) is 0 Å². The van der Waals surface area contributed by atoms with E-state index >= 15 is 0 Å². The van der Waals surface area contributed by atoms with Gasteiger partial charge in [-0.15, -0.1) is 11.3 Å². The van der Waals surface area contributed by atoms with E-state index in [1.54, 1.807) is 17.7 Å². The van der Waals surface area contributed by atoms with Gasteiger partial charge in [0.25, 0.3) is 0 Å². The molecule has 0 saturated carbocycles. The highest BCUT2D eigenvalue weighted by atomic mass is 32.2. The van der Waals surface area contributed by atoms with Crippen LogP contribution in [0.5, 0.6) is 0 Å². The molecule has 2 aromatic heterocycles. The normalized spacial score (nSPS) is 16.1. The lowest BCUT2D eigenvalue weighted by atomic mass is 10.0. The first-order valence-corrected chi connectivity index (χ1v) is 11.7. The molecule has 0 bridgehead atoms. The Morgan fingerprint density at radius 1 is 1.15 bits per heavy atom. The number of nitrogens with one attached hydrogen (secondary N) is 1. The topological polar surface area (TPSA) is 75.2 Å². The molecular weight excluding hydrogens is 380 g/mol. The molecular formula is C19H22N4O2S2. The monoisotopic (exact) mass is 402 g/mol. The highest BCUT2D eigenvalue weighted by molar-refractivity contribution is 7.88. The van der Waals surface area contributed by atoms with Crippen LogP contribution in [0.4, 0.5) is 5.82 Å². The van der Waals surface area contributed by atoms with E-state index in [0.29, 0.717) is 0 Å². The first-order chi connectivity index (χ1) is 12.9. The van der Waals surface area contributed by atoms with E-state index in [4.69, 9.17) is 0 Å². The molecule has 1 aliphatic rings. The molecule has 0 amide bonds. The molecule has 8 heteroatoms. The van der Waals surface area contributed by atoms with Gasteiger partial charge in [0.05, 0.1) is 11.6 Å². The van der Waals surface area contributed by atoms with Gasteiger partial charge in [-0.1, -0.05) is 29.8 Å². The first kappa shape index (κ1) is 18.3. The standard InChI is InChI=1S/C19H22N4O2S2/c1-13-3-5-14(6-4-13)16-11-26-19-17(16)18(20-12-21-19)23-9-7-15(8-10-23)22-27(2,24)25/h3-6,11-12,15,22H,7-10H2,1-2H3. The van der Waals surface area contributed by atoms with Gasteiger partial charge in [-0.2, -0.15) is 0 Å². The molecule has 1 N–H and O–H groups in total. The maximum absolute atomic E-state index is 11.5. The van der Waals surface area contributed by atoms with Gasteiger partial charge in [-0.3, -0.25) is 0 Å². The Hall–Kier alpha value is -2.03. The molecule has 27 heavy (non-hydrogen) atoms. The number of aromatic nitrogens is 2. The minimum atomic E-state index is -3.17. The van der Waals surface area contributed by atoms with Crippen LogP contribution >= 0.6 is 11.3 Å². The molecule has 1 aliphatic heterocycles. The summed E-state index contributed by atoms with van der Waals surface area (Å²) in [6, 6.07) is 8.49. The molecule has 142 valence electrons. The molecule has 3 aromatic rings. The van der Waals surface area contributed by atoms with Crippen molar-refractivity contribution < 1.29 is 8.42 Å². The average Bonchev–Trinajstić information content (AvgIpc) is 3.06. The molecule has 0 radical (unpaired) electrons. The predicted molar refractivity (Wildman–Crippen MR) is 111 cm³/mol. The van der Waals surface area contributed by atoms with Crippen molar-refractivity contribution in [3.8, 4) is 11.1 Å². The molecule has 0 spiro atoms. The first-order valence-electron chi connectivity index (χ1n) is 8.92. The number of benzene rings is 1. The van der Waals surface area contributed by atoms with Crippen LogP contribution in [0.2, 0.25) is 0 Å². The van der Waals surface area contributed by atoms with E-state index in [0.717, 1.165) is 53.1 Å². The Labute approximate surface area is 163 Å². The van der Waals surface area contributed by atoms with Gasteiger partial charge in [0.2, 0.25) is 10.0 Å². The number of sulfonamides is 1. The SMILES string of the molecule is Cc1ccc(-c2csc3ncnc(N4CCC(NS(C)(=O)=O)CC4)c23)cc1. The Kier molecular flexibility index (Phi) is 4.88. The molecule has 0 unspecified atom stereocenters. The Morgan fingerprint density at radius 2 is 1.85 bits per heavy atom. The molecule has 3 heterocycles. The van der Waals surface area contributed by atoms with E-state index in [2.05, 4.69) is 56.2 Å². The van der Waals surface area contributed by atoms with Crippen LogP contribution < -0.4 is 9.62 Å². The van der Waals surface area contributed by atoms with Gasteiger partial charge >= 0.3 is 0 Å². The summed E-state index contributed by atoms with van der Waals surface area (Å²) in [4.78, 5) is 12.3. The molecule has 1 aromatic carbocycles. The number of rotatable bonds is 4.